The zero-order valence-corrected chi connectivity index (χ0v) is 16.6. The van der Waals surface area contributed by atoms with E-state index in [0.717, 1.165) is 5.56 Å². The maximum Gasteiger partial charge on any atom is 0.244 e. The van der Waals surface area contributed by atoms with Gasteiger partial charge in [0.05, 0.1) is 0 Å². The van der Waals surface area contributed by atoms with Gasteiger partial charge >= 0.3 is 0 Å². The maximum atomic E-state index is 12.5. The van der Waals surface area contributed by atoms with Gasteiger partial charge in [-0.15, -0.1) is 0 Å². The van der Waals surface area contributed by atoms with Crippen LogP contribution < -0.4 is 10.6 Å². The number of carbonyl (C=O) groups is 2. The van der Waals surface area contributed by atoms with Crippen molar-refractivity contribution in [2.75, 3.05) is 10.6 Å². The molecule has 0 radical (unpaired) electrons. The summed E-state index contributed by atoms with van der Waals surface area (Å²) in [4.78, 5) is 23.9. The molecule has 3 N–H and O–H groups in total. The Labute approximate surface area is 171 Å². The number of hydrogen-bond acceptors (Lipinski definition) is 4. The molecule has 0 fully saturated rings. The molecule has 1 aromatic heterocycles. The number of H-pyrrole nitrogens is 1. The lowest BCUT2D eigenvalue weighted by atomic mass is 10.2. The summed E-state index contributed by atoms with van der Waals surface area (Å²) in [5.41, 5.74) is 2.08. The van der Waals surface area contributed by atoms with Gasteiger partial charge in [0.25, 0.3) is 0 Å². The summed E-state index contributed by atoms with van der Waals surface area (Å²) in [6, 6.07) is 14.0. The number of rotatable bonds is 6. The van der Waals surface area contributed by atoms with E-state index in [1.54, 1.807) is 47.9 Å². The van der Waals surface area contributed by atoms with Crippen molar-refractivity contribution in [3.05, 3.63) is 58.3 Å². The zero-order chi connectivity index (χ0) is 20.1. The Hall–Kier alpha value is -2.97. The lowest BCUT2D eigenvalue weighted by molar-refractivity contribution is -0.117. The number of benzene rings is 2. The monoisotopic (exact) mass is 415 g/mol. The highest BCUT2D eigenvalue weighted by Crippen LogP contribution is 2.20. The van der Waals surface area contributed by atoms with Crippen molar-refractivity contribution in [1.82, 2.24) is 14.8 Å². The fourth-order valence-corrected chi connectivity index (χ4v) is 2.84. The molecular formula is C19H18ClN5O2S. The molecule has 0 aliphatic heterocycles. The van der Waals surface area contributed by atoms with Gasteiger partial charge in [-0.25, -0.2) is 0 Å². The van der Waals surface area contributed by atoms with Crippen LogP contribution in [0.1, 0.15) is 13.3 Å². The third kappa shape index (κ3) is 4.85. The van der Waals surface area contributed by atoms with Crippen LogP contribution in [-0.4, -0.2) is 26.6 Å². The van der Waals surface area contributed by atoms with Crippen LogP contribution in [0.5, 0.6) is 0 Å². The van der Waals surface area contributed by atoms with Gasteiger partial charge in [-0.05, 0) is 60.7 Å². The molecule has 0 spiro atoms. The highest BCUT2D eigenvalue weighted by Gasteiger charge is 2.13. The molecule has 0 bridgehead atoms. The fraction of sp³-hybridized carbons (Fsp3) is 0.158. The van der Waals surface area contributed by atoms with Gasteiger partial charge in [-0.2, -0.15) is 5.10 Å². The highest BCUT2D eigenvalue weighted by molar-refractivity contribution is 7.71. The van der Waals surface area contributed by atoms with Crippen LogP contribution >= 0.6 is 23.8 Å². The van der Waals surface area contributed by atoms with Gasteiger partial charge < -0.3 is 10.6 Å². The predicted molar refractivity (Wildman–Crippen MR) is 112 cm³/mol. The van der Waals surface area contributed by atoms with Gasteiger partial charge in [-0.3, -0.25) is 19.3 Å². The average molecular weight is 416 g/mol. The number of nitrogens with zero attached hydrogens (tertiary/aromatic N) is 2. The highest BCUT2D eigenvalue weighted by atomic mass is 35.5. The normalized spacial score (nSPS) is 10.5. The SMILES string of the molecule is CCC(=O)Nc1ccc(NC(=O)Cn2c(-c3ccc(Cl)cc3)n[nH]c2=S)cc1. The first-order valence-corrected chi connectivity index (χ1v) is 9.36. The van der Waals surface area contributed by atoms with Crippen molar-refractivity contribution in [2.24, 2.45) is 0 Å². The minimum absolute atomic E-state index is 0.00160. The van der Waals surface area contributed by atoms with Crippen LogP contribution in [0.4, 0.5) is 11.4 Å². The number of aromatic nitrogens is 3. The van der Waals surface area contributed by atoms with E-state index in [1.807, 2.05) is 12.1 Å². The smallest absolute Gasteiger partial charge is 0.244 e. The van der Waals surface area contributed by atoms with Crippen molar-refractivity contribution in [2.45, 2.75) is 19.9 Å². The molecule has 2 aromatic carbocycles. The molecule has 0 saturated carbocycles. The quantitative estimate of drug-likeness (QED) is 0.525. The fourth-order valence-electron chi connectivity index (χ4n) is 2.51. The molecular weight excluding hydrogens is 398 g/mol. The van der Waals surface area contributed by atoms with Gasteiger partial charge in [-0.1, -0.05) is 18.5 Å². The molecule has 28 heavy (non-hydrogen) atoms. The third-order valence-electron chi connectivity index (χ3n) is 3.94. The number of amides is 2. The second-order valence-electron chi connectivity index (χ2n) is 5.97. The van der Waals surface area contributed by atoms with Crippen molar-refractivity contribution in [3.8, 4) is 11.4 Å². The van der Waals surface area contributed by atoms with Gasteiger partial charge in [0, 0.05) is 28.4 Å². The first-order chi connectivity index (χ1) is 13.5. The van der Waals surface area contributed by atoms with Crippen LogP contribution in [0, 0.1) is 4.77 Å². The summed E-state index contributed by atoms with van der Waals surface area (Å²) in [6.45, 7) is 1.78. The van der Waals surface area contributed by atoms with Crippen LogP contribution in [0.15, 0.2) is 48.5 Å². The number of hydrogen-bond donors (Lipinski definition) is 3. The van der Waals surface area contributed by atoms with E-state index < -0.39 is 0 Å². The lowest BCUT2D eigenvalue weighted by Crippen LogP contribution is -2.19. The summed E-state index contributed by atoms with van der Waals surface area (Å²) in [6.07, 6.45) is 0.403. The van der Waals surface area contributed by atoms with E-state index in [1.165, 1.54) is 0 Å². The first kappa shape index (κ1) is 19.8. The maximum absolute atomic E-state index is 12.5. The minimum Gasteiger partial charge on any atom is -0.326 e. The largest absolute Gasteiger partial charge is 0.326 e. The summed E-state index contributed by atoms with van der Waals surface area (Å²) in [7, 11) is 0. The second-order valence-corrected chi connectivity index (χ2v) is 6.80. The van der Waals surface area contributed by atoms with E-state index in [0.29, 0.717) is 33.4 Å². The third-order valence-corrected chi connectivity index (χ3v) is 4.50. The van der Waals surface area contributed by atoms with E-state index in [4.69, 9.17) is 23.8 Å². The van der Waals surface area contributed by atoms with Gasteiger partial charge in [0.1, 0.15) is 6.54 Å². The van der Waals surface area contributed by atoms with Gasteiger partial charge in [0.15, 0.2) is 10.6 Å². The first-order valence-electron chi connectivity index (χ1n) is 8.57. The molecule has 144 valence electrons. The van der Waals surface area contributed by atoms with E-state index >= 15 is 0 Å². The molecule has 2 amide bonds. The minimum atomic E-state index is -0.252. The van der Waals surface area contributed by atoms with E-state index in [-0.39, 0.29) is 18.4 Å². The van der Waals surface area contributed by atoms with Crippen molar-refractivity contribution < 1.29 is 9.59 Å². The molecule has 0 aliphatic rings. The molecule has 7 nitrogen and oxygen atoms in total. The number of aromatic amines is 1. The molecule has 0 atom stereocenters. The standard InChI is InChI=1S/C19H18ClN5O2S/c1-2-16(26)21-14-7-9-15(10-8-14)22-17(27)11-25-18(23-24-19(25)28)12-3-5-13(20)6-4-12/h3-10H,2,11H2,1H3,(H,21,26)(H,22,27)(H,24,28). The van der Waals surface area contributed by atoms with E-state index in [9.17, 15) is 9.59 Å². The predicted octanol–water partition coefficient (Wildman–Crippen LogP) is 4.25. The Bertz CT molecular complexity index is 1040. The molecule has 0 unspecified atom stereocenters. The van der Waals surface area contributed by atoms with Crippen molar-refractivity contribution >= 4 is 47.0 Å². The lowest BCUT2D eigenvalue weighted by Gasteiger charge is -2.09. The molecule has 0 aliphatic carbocycles. The number of halogens is 1. The van der Waals surface area contributed by atoms with Crippen LogP contribution in [0.3, 0.4) is 0 Å². The van der Waals surface area contributed by atoms with Crippen molar-refractivity contribution in [1.29, 1.82) is 0 Å². The summed E-state index contributed by atoms with van der Waals surface area (Å²) < 4.78 is 1.96. The molecule has 1 heterocycles. The van der Waals surface area contributed by atoms with Gasteiger partial charge in [0.2, 0.25) is 11.8 Å². The van der Waals surface area contributed by atoms with Crippen molar-refractivity contribution in [3.63, 3.8) is 0 Å². The Morgan fingerprint density at radius 1 is 1.04 bits per heavy atom. The van der Waals surface area contributed by atoms with Crippen LogP contribution in [-0.2, 0) is 16.1 Å². The molecule has 0 saturated heterocycles. The Balaban J connectivity index is 1.70. The average Bonchev–Trinajstić information content (AvgIpc) is 3.04. The molecule has 3 aromatic rings. The summed E-state index contributed by atoms with van der Waals surface area (Å²) in [5.74, 6) is 0.230. The van der Waals surface area contributed by atoms with Crippen LogP contribution in [0.25, 0.3) is 11.4 Å². The second kappa shape index (κ2) is 8.81. The Kier molecular flexibility index (Phi) is 6.23. The Morgan fingerprint density at radius 2 is 1.61 bits per heavy atom. The van der Waals surface area contributed by atoms with Crippen LogP contribution in [0.2, 0.25) is 5.02 Å². The Morgan fingerprint density at radius 3 is 2.18 bits per heavy atom. The van der Waals surface area contributed by atoms with E-state index in [2.05, 4.69) is 20.8 Å². The topological polar surface area (TPSA) is 91.8 Å². The number of anilines is 2. The molecule has 9 heteroatoms. The summed E-state index contributed by atoms with van der Waals surface area (Å²) in [5, 5.41) is 13.1. The number of nitrogens with one attached hydrogen (secondary N) is 3. The number of carbonyl (C=O) groups excluding carboxylic acids is 2. The zero-order valence-electron chi connectivity index (χ0n) is 15.0. The summed E-state index contributed by atoms with van der Waals surface area (Å²) >= 11 is 11.2. The molecule has 3 rings (SSSR count).